The number of rotatable bonds is 4. The Balaban J connectivity index is 2.05. The molecule has 1 aromatic carbocycles. The number of carbonyl (C=O) groups is 1. The number of ether oxygens (including phenoxy) is 2. The van der Waals surface area contributed by atoms with Crippen molar-refractivity contribution in [1.29, 1.82) is 0 Å². The zero-order valence-corrected chi connectivity index (χ0v) is 11.5. The second-order valence-electron chi connectivity index (χ2n) is 4.29. The molecule has 4 nitrogen and oxygen atoms in total. The van der Waals surface area contributed by atoms with Gasteiger partial charge < -0.3 is 14.6 Å². The molecule has 0 aliphatic carbocycles. The number of hydrogen-bond acceptors (Lipinski definition) is 3. The minimum Gasteiger partial charge on any atom is -0.491 e. The average molecular weight is 315 g/mol. The SMILES string of the molecule is O=C(O)c1cccc(Br)c1OCC1CCOCC1. The Bertz CT molecular complexity index is 427. The molecule has 1 fully saturated rings. The molecule has 0 atom stereocenters. The van der Waals surface area contributed by atoms with Crippen LogP contribution in [0.2, 0.25) is 0 Å². The highest BCUT2D eigenvalue weighted by atomic mass is 79.9. The molecule has 5 heteroatoms. The maximum atomic E-state index is 11.1. The van der Waals surface area contributed by atoms with Gasteiger partial charge in [0.15, 0.2) is 0 Å². The number of aromatic carboxylic acids is 1. The molecular formula is C13H15BrO4. The van der Waals surface area contributed by atoms with Crippen molar-refractivity contribution in [2.75, 3.05) is 19.8 Å². The molecule has 1 saturated heterocycles. The zero-order valence-electron chi connectivity index (χ0n) is 9.89. The number of halogens is 1. The van der Waals surface area contributed by atoms with E-state index < -0.39 is 5.97 Å². The van der Waals surface area contributed by atoms with E-state index in [0.717, 1.165) is 26.1 Å². The van der Waals surface area contributed by atoms with Crippen molar-refractivity contribution in [3.05, 3.63) is 28.2 Å². The van der Waals surface area contributed by atoms with Crippen LogP contribution in [0.4, 0.5) is 0 Å². The first-order valence-electron chi connectivity index (χ1n) is 5.91. The minimum atomic E-state index is -0.974. The summed E-state index contributed by atoms with van der Waals surface area (Å²) in [6.45, 7) is 2.05. The molecule has 0 amide bonds. The summed E-state index contributed by atoms with van der Waals surface area (Å²) in [6.07, 6.45) is 1.93. The van der Waals surface area contributed by atoms with Crippen LogP contribution in [0.15, 0.2) is 22.7 Å². The van der Waals surface area contributed by atoms with Crippen molar-refractivity contribution < 1.29 is 19.4 Å². The molecule has 0 bridgehead atoms. The lowest BCUT2D eigenvalue weighted by Crippen LogP contribution is -2.22. The van der Waals surface area contributed by atoms with E-state index in [0.29, 0.717) is 22.7 Å². The fourth-order valence-corrected chi connectivity index (χ4v) is 2.42. The highest BCUT2D eigenvalue weighted by Gasteiger charge is 2.18. The second-order valence-corrected chi connectivity index (χ2v) is 5.14. The number of carboxylic acids is 1. The summed E-state index contributed by atoms with van der Waals surface area (Å²) >= 11 is 3.33. The van der Waals surface area contributed by atoms with E-state index in [1.807, 2.05) is 0 Å². The molecule has 1 aliphatic heterocycles. The van der Waals surface area contributed by atoms with E-state index in [1.165, 1.54) is 0 Å². The van der Waals surface area contributed by atoms with Crippen molar-refractivity contribution >= 4 is 21.9 Å². The van der Waals surface area contributed by atoms with Crippen LogP contribution in [0.3, 0.4) is 0 Å². The van der Waals surface area contributed by atoms with Crippen LogP contribution in [-0.4, -0.2) is 30.9 Å². The van der Waals surface area contributed by atoms with Crippen molar-refractivity contribution in [2.24, 2.45) is 5.92 Å². The molecule has 1 aromatic rings. The summed E-state index contributed by atoms with van der Waals surface area (Å²) in [5.74, 6) is -0.123. The Morgan fingerprint density at radius 2 is 2.17 bits per heavy atom. The highest BCUT2D eigenvalue weighted by molar-refractivity contribution is 9.10. The van der Waals surface area contributed by atoms with Gasteiger partial charge in [-0.2, -0.15) is 0 Å². The Morgan fingerprint density at radius 3 is 2.83 bits per heavy atom. The van der Waals surface area contributed by atoms with Gasteiger partial charge in [0.05, 0.1) is 11.1 Å². The van der Waals surface area contributed by atoms with Crippen molar-refractivity contribution in [1.82, 2.24) is 0 Å². The van der Waals surface area contributed by atoms with Gasteiger partial charge in [-0.05, 0) is 46.8 Å². The Hall–Kier alpha value is -1.07. The smallest absolute Gasteiger partial charge is 0.339 e. The van der Waals surface area contributed by atoms with Crippen molar-refractivity contribution in [2.45, 2.75) is 12.8 Å². The molecule has 2 rings (SSSR count). The third kappa shape index (κ3) is 3.23. The lowest BCUT2D eigenvalue weighted by Gasteiger charge is -2.22. The lowest BCUT2D eigenvalue weighted by molar-refractivity contribution is 0.0489. The molecule has 0 unspecified atom stereocenters. The predicted molar refractivity (Wildman–Crippen MR) is 70.1 cm³/mol. The fourth-order valence-electron chi connectivity index (χ4n) is 1.94. The van der Waals surface area contributed by atoms with Gasteiger partial charge in [-0.3, -0.25) is 0 Å². The summed E-state index contributed by atoms with van der Waals surface area (Å²) in [5.41, 5.74) is 0.191. The van der Waals surface area contributed by atoms with E-state index in [1.54, 1.807) is 18.2 Å². The van der Waals surface area contributed by atoms with E-state index in [2.05, 4.69) is 15.9 Å². The Kier molecular flexibility index (Phi) is 4.60. The van der Waals surface area contributed by atoms with Crippen molar-refractivity contribution in [3.8, 4) is 5.75 Å². The molecule has 98 valence electrons. The summed E-state index contributed by atoms with van der Waals surface area (Å²) in [4.78, 5) is 11.1. The summed E-state index contributed by atoms with van der Waals surface area (Å²) in [5, 5.41) is 9.11. The third-order valence-electron chi connectivity index (χ3n) is 3.00. The molecule has 0 radical (unpaired) electrons. The molecule has 1 N–H and O–H groups in total. The monoisotopic (exact) mass is 314 g/mol. The van der Waals surface area contributed by atoms with E-state index in [4.69, 9.17) is 14.6 Å². The number of benzene rings is 1. The van der Waals surface area contributed by atoms with Gasteiger partial charge in [-0.15, -0.1) is 0 Å². The van der Waals surface area contributed by atoms with Gasteiger partial charge >= 0.3 is 5.97 Å². The molecule has 0 saturated carbocycles. The van der Waals surface area contributed by atoms with Crippen LogP contribution in [0, 0.1) is 5.92 Å². The predicted octanol–water partition coefficient (Wildman–Crippen LogP) is 2.95. The summed E-state index contributed by atoms with van der Waals surface area (Å²) in [7, 11) is 0. The van der Waals surface area contributed by atoms with Crippen LogP contribution in [0.1, 0.15) is 23.2 Å². The highest BCUT2D eigenvalue weighted by Crippen LogP contribution is 2.30. The van der Waals surface area contributed by atoms with Gasteiger partial charge in [0, 0.05) is 13.2 Å². The van der Waals surface area contributed by atoms with Crippen LogP contribution >= 0.6 is 15.9 Å². The van der Waals surface area contributed by atoms with Crippen molar-refractivity contribution in [3.63, 3.8) is 0 Å². The summed E-state index contributed by atoms with van der Waals surface area (Å²) in [6, 6.07) is 5.02. The molecule has 18 heavy (non-hydrogen) atoms. The van der Waals surface area contributed by atoms with E-state index in [9.17, 15) is 4.79 Å². The summed E-state index contributed by atoms with van der Waals surface area (Å²) < 4.78 is 11.6. The van der Waals surface area contributed by atoms with Gasteiger partial charge in [-0.1, -0.05) is 6.07 Å². The number of para-hydroxylation sites is 1. The van der Waals surface area contributed by atoms with E-state index >= 15 is 0 Å². The molecular weight excluding hydrogens is 300 g/mol. The lowest BCUT2D eigenvalue weighted by atomic mass is 10.0. The average Bonchev–Trinajstić information content (AvgIpc) is 2.38. The van der Waals surface area contributed by atoms with Crippen LogP contribution < -0.4 is 4.74 Å². The van der Waals surface area contributed by atoms with Crippen LogP contribution in [-0.2, 0) is 4.74 Å². The quantitative estimate of drug-likeness (QED) is 0.928. The third-order valence-corrected chi connectivity index (χ3v) is 3.63. The molecule has 1 aliphatic rings. The van der Waals surface area contributed by atoms with Crippen LogP contribution in [0.5, 0.6) is 5.75 Å². The number of hydrogen-bond donors (Lipinski definition) is 1. The standard InChI is InChI=1S/C13H15BrO4/c14-11-3-1-2-10(13(15)16)12(11)18-8-9-4-6-17-7-5-9/h1-3,9H,4-8H2,(H,15,16). The van der Waals surface area contributed by atoms with Crippen LogP contribution in [0.25, 0.3) is 0 Å². The molecule has 1 heterocycles. The fraction of sp³-hybridized carbons (Fsp3) is 0.462. The first kappa shape index (κ1) is 13.4. The maximum absolute atomic E-state index is 11.1. The van der Waals surface area contributed by atoms with Gasteiger partial charge in [0.1, 0.15) is 11.3 Å². The molecule has 0 spiro atoms. The minimum absolute atomic E-state index is 0.191. The zero-order chi connectivity index (χ0) is 13.0. The maximum Gasteiger partial charge on any atom is 0.339 e. The molecule has 0 aromatic heterocycles. The van der Waals surface area contributed by atoms with Gasteiger partial charge in [0.2, 0.25) is 0 Å². The topological polar surface area (TPSA) is 55.8 Å². The normalized spacial score (nSPS) is 16.5. The first-order chi connectivity index (χ1) is 8.68. The number of carboxylic acid groups (broad SMARTS) is 1. The van der Waals surface area contributed by atoms with Gasteiger partial charge in [-0.25, -0.2) is 4.79 Å². The Morgan fingerprint density at radius 1 is 1.44 bits per heavy atom. The second kappa shape index (κ2) is 6.20. The van der Waals surface area contributed by atoms with Gasteiger partial charge in [0.25, 0.3) is 0 Å². The first-order valence-corrected chi connectivity index (χ1v) is 6.70. The largest absolute Gasteiger partial charge is 0.491 e. The van der Waals surface area contributed by atoms with E-state index in [-0.39, 0.29) is 5.56 Å². The Labute approximate surface area is 114 Å².